The summed E-state index contributed by atoms with van der Waals surface area (Å²) in [4.78, 5) is 27.7. The van der Waals surface area contributed by atoms with Crippen LogP contribution in [0.3, 0.4) is 0 Å². The van der Waals surface area contributed by atoms with E-state index in [2.05, 4.69) is 5.32 Å². The van der Waals surface area contributed by atoms with Crippen molar-refractivity contribution in [3.63, 3.8) is 0 Å². The molecule has 3 unspecified atom stereocenters. The third-order valence-electron chi connectivity index (χ3n) is 5.95. The molecule has 1 saturated heterocycles. The van der Waals surface area contributed by atoms with E-state index in [1.807, 2.05) is 4.90 Å². The molecule has 29 heavy (non-hydrogen) atoms. The number of hydrogen-bond donors (Lipinski definition) is 2. The van der Waals surface area contributed by atoms with Crippen LogP contribution in [0, 0.1) is 11.8 Å². The van der Waals surface area contributed by atoms with Crippen molar-refractivity contribution in [2.75, 3.05) is 32.6 Å². The molecule has 1 aliphatic carbocycles. The number of amides is 2. The molecule has 1 aromatic heterocycles. The normalized spacial score (nSPS) is 23.0. The van der Waals surface area contributed by atoms with Crippen LogP contribution in [0.25, 0.3) is 0 Å². The average Bonchev–Trinajstić information content (AvgIpc) is 3.46. The summed E-state index contributed by atoms with van der Waals surface area (Å²) < 4.78 is 15.9. The molecule has 0 spiro atoms. The lowest BCUT2D eigenvalue weighted by atomic mass is 9.98. The van der Waals surface area contributed by atoms with Crippen molar-refractivity contribution in [3.05, 3.63) is 41.9 Å². The van der Waals surface area contributed by atoms with Gasteiger partial charge in [0.1, 0.15) is 0 Å². The van der Waals surface area contributed by atoms with Crippen molar-refractivity contribution >= 4 is 17.5 Å². The first kappa shape index (κ1) is 19.3. The lowest BCUT2D eigenvalue weighted by molar-refractivity contribution is 0.0780. The fraction of sp³-hybridized carbons (Fsp3) is 0.429. The number of hydrogen-bond acceptors (Lipinski definition) is 6. The molecule has 0 bridgehead atoms. The summed E-state index contributed by atoms with van der Waals surface area (Å²) >= 11 is 0. The summed E-state index contributed by atoms with van der Waals surface area (Å²) in [5.74, 6) is 1.15. The highest BCUT2D eigenvalue weighted by molar-refractivity contribution is 6.08. The molecule has 154 valence electrons. The Morgan fingerprint density at radius 1 is 1.17 bits per heavy atom. The quantitative estimate of drug-likeness (QED) is 0.799. The predicted molar refractivity (Wildman–Crippen MR) is 106 cm³/mol. The Bertz CT molecular complexity index is 911. The zero-order valence-electron chi connectivity index (χ0n) is 16.5. The van der Waals surface area contributed by atoms with Crippen LogP contribution in [-0.2, 0) is 0 Å². The van der Waals surface area contributed by atoms with Gasteiger partial charge >= 0.3 is 0 Å². The van der Waals surface area contributed by atoms with E-state index in [1.54, 1.807) is 24.3 Å². The molecule has 3 N–H and O–H groups in total. The molecule has 1 aromatic carbocycles. The largest absolute Gasteiger partial charge is 0.493 e. The van der Waals surface area contributed by atoms with Crippen LogP contribution in [0.5, 0.6) is 11.5 Å². The number of nitrogens with one attached hydrogen (secondary N) is 1. The van der Waals surface area contributed by atoms with Crippen molar-refractivity contribution in [2.45, 2.75) is 18.9 Å². The Morgan fingerprint density at radius 2 is 1.93 bits per heavy atom. The third-order valence-corrected chi connectivity index (χ3v) is 5.95. The predicted octanol–water partition coefficient (Wildman–Crippen LogP) is 2.36. The summed E-state index contributed by atoms with van der Waals surface area (Å²) in [5.41, 5.74) is 6.90. The van der Waals surface area contributed by atoms with Crippen molar-refractivity contribution in [2.24, 2.45) is 17.6 Å². The maximum absolute atomic E-state index is 13.4. The van der Waals surface area contributed by atoms with Crippen LogP contribution in [0.2, 0.25) is 0 Å². The minimum absolute atomic E-state index is 0.140. The van der Waals surface area contributed by atoms with Crippen LogP contribution >= 0.6 is 0 Å². The number of rotatable bonds is 5. The minimum Gasteiger partial charge on any atom is -0.493 e. The van der Waals surface area contributed by atoms with Gasteiger partial charge in [-0.25, -0.2) is 0 Å². The summed E-state index contributed by atoms with van der Waals surface area (Å²) in [7, 11) is 3.01. The van der Waals surface area contributed by atoms with Crippen LogP contribution in [0.15, 0.2) is 34.9 Å². The molecule has 1 saturated carbocycles. The number of fused-ring (bicyclic) bond motifs is 1. The molecule has 2 heterocycles. The van der Waals surface area contributed by atoms with Crippen molar-refractivity contribution in [3.8, 4) is 11.5 Å². The van der Waals surface area contributed by atoms with Gasteiger partial charge in [-0.3, -0.25) is 9.59 Å². The lowest BCUT2D eigenvalue weighted by Crippen LogP contribution is -2.34. The van der Waals surface area contributed by atoms with Crippen molar-refractivity contribution in [1.29, 1.82) is 0 Å². The minimum atomic E-state index is -0.448. The van der Waals surface area contributed by atoms with Gasteiger partial charge in [0.25, 0.3) is 11.8 Å². The van der Waals surface area contributed by atoms with E-state index in [-0.39, 0.29) is 17.7 Å². The highest BCUT2D eigenvalue weighted by atomic mass is 16.5. The van der Waals surface area contributed by atoms with Gasteiger partial charge in [0.05, 0.1) is 31.7 Å². The number of carbonyl (C=O) groups is 2. The summed E-state index contributed by atoms with van der Waals surface area (Å²) in [6, 6.07) is 6.52. The van der Waals surface area contributed by atoms with Gasteiger partial charge in [0.2, 0.25) is 0 Å². The number of anilines is 1. The first-order chi connectivity index (χ1) is 14.0. The Morgan fingerprint density at radius 3 is 2.59 bits per heavy atom. The number of ether oxygens (including phenoxy) is 2. The zero-order chi connectivity index (χ0) is 20.5. The van der Waals surface area contributed by atoms with Gasteiger partial charge in [0.15, 0.2) is 17.3 Å². The second-order valence-corrected chi connectivity index (χ2v) is 7.56. The second kappa shape index (κ2) is 7.79. The molecule has 1 aliphatic heterocycles. The molecular formula is C21H25N3O5. The molecule has 2 amide bonds. The first-order valence-electron chi connectivity index (χ1n) is 9.67. The fourth-order valence-corrected chi connectivity index (χ4v) is 4.39. The molecule has 4 rings (SSSR count). The molecule has 8 nitrogen and oxygen atoms in total. The Hall–Kier alpha value is -3.00. The van der Waals surface area contributed by atoms with E-state index in [1.165, 1.54) is 20.5 Å². The highest BCUT2D eigenvalue weighted by Gasteiger charge is 2.43. The van der Waals surface area contributed by atoms with E-state index < -0.39 is 5.91 Å². The smallest absolute Gasteiger partial charge is 0.291 e. The van der Waals surface area contributed by atoms with Gasteiger partial charge in [-0.1, -0.05) is 0 Å². The Labute approximate surface area is 168 Å². The van der Waals surface area contributed by atoms with Gasteiger partial charge in [-0.05, 0) is 42.9 Å². The van der Waals surface area contributed by atoms with Crippen LogP contribution in [0.1, 0.15) is 33.8 Å². The lowest BCUT2D eigenvalue weighted by Gasteiger charge is -2.21. The molecule has 0 radical (unpaired) electrons. The van der Waals surface area contributed by atoms with E-state index in [0.717, 1.165) is 12.8 Å². The molecule has 2 aliphatic rings. The number of nitrogens with zero attached hydrogens (tertiary/aromatic N) is 1. The molecule has 2 aromatic rings. The topological polar surface area (TPSA) is 107 Å². The van der Waals surface area contributed by atoms with E-state index >= 15 is 0 Å². The maximum Gasteiger partial charge on any atom is 0.291 e. The van der Waals surface area contributed by atoms with Crippen LogP contribution in [0.4, 0.5) is 5.69 Å². The van der Waals surface area contributed by atoms with Crippen LogP contribution < -0.4 is 20.5 Å². The van der Waals surface area contributed by atoms with E-state index in [9.17, 15) is 9.59 Å². The number of furan rings is 1. The number of benzene rings is 1. The fourth-order valence-electron chi connectivity index (χ4n) is 4.39. The number of methoxy groups -OCH3 is 2. The van der Waals surface area contributed by atoms with Gasteiger partial charge in [0, 0.05) is 25.2 Å². The molecule has 2 fully saturated rings. The van der Waals surface area contributed by atoms with Crippen LogP contribution in [-0.4, -0.2) is 50.1 Å². The average molecular weight is 399 g/mol. The van der Waals surface area contributed by atoms with Gasteiger partial charge in [-0.15, -0.1) is 0 Å². The Balaban J connectivity index is 1.65. The standard InChI is InChI=1S/C21H25N3O5/c1-27-18-8-13(21(26)24-10-12-5-6-15(22)14(12)11-24)16(9-19(18)28-2)23-20(25)17-4-3-7-29-17/h3-4,7-9,12,14-15H,5-6,10-11,22H2,1-2H3,(H,23,25). The number of nitrogens with two attached hydrogens (primary N) is 1. The SMILES string of the molecule is COc1cc(NC(=O)c2ccco2)c(C(=O)N2CC3CCC(N)C3C2)cc1OC. The maximum atomic E-state index is 13.4. The molecular weight excluding hydrogens is 374 g/mol. The monoisotopic (exact) mass is 399 g/mol. The third kappa shape index (κ3) is 3.55. The Kier molecular flexibility index (Phi) is 5.19. The van der Waals surface area contributed by atoms with Crippen molar-refractivity contribution in [1.82, 2.24) is 4.90 Å². The molecule has 8 heteroatoms. The number of likely N-dealkylation sites (tertiary alicyclic amines) is 1. The summed E-state index contributed by atoms with van der Waals surface area (Å²) in [5, 5.41) is 2.76. The first-order valence-corrected chi connectivity index (χ1v) is 9.67. The van der Waals surface area contributed by atoms with E-state index in [4.69, 9.17) is 19.6 Å². The number of carbonyl (C=O) groups excluding carboxylic acids is 2. The van der Waals surface area contributed by atoms with E-state index in [0.29, 0.717) is 47.7 Å². The van der Waals surface area contributed by atoms with Gasteiger partial charge in [-0.2, -0.15) is 0 Å². The zero-order valence-corrected chi connectivity index (χ0v) is 16.5. The van der Waals surface area contributed by atoms with Gasteiger partial charge < -0.3 is 29.8 Å². The molecule has 3 atom stereocenters. The van der Waals surface area contributed by atoms with Crippen molar-refractivity contribution < 1.29 is 23.5 Å². The highest BCUT2D eigenvalue weighted by Crippen LogP contribution is 2.39. The summed E-state index contributed by atoms with van der Waals surface area (Å²) in [6.45, 7) is 1.31. The second-order valence-electron chi connectivity index (χ2n) is 7.56. The summed E-state index contributed by atoms with van der Waals surface area (Å²) in [6.07, 6.45) is 3.48.